The van der Waals surface area contributed by atoms with Crippen LogP contribution >= 0.6 is 23.1 Å². The lowest BCUT2D eigenvalue weighted by Crippen LogP contribution is -2.14. The van der Waals surface area contributed by atoms with Gasteiger partial charge in [-0.05, 0) is 53.2 Å². The van der Waals surface area contributed by atoms with E-state index in [0.29, 0.717) is 16.4 Å². The van der Waals surface area contributed by atoms with Crippen LogP contribution in [0.3, 0.4) is 0 Å². The number of aromatic nitrogens is 1. The zero-order valence-electron chi connectivity index (χ0n) is 17.4. The first-order valence-electron chi connectivity index (χ1n) is 10.3. The normalized spacial score (nSPS) is 10.9. The van der Waals surface area contributed by atoms with E-state index in [1.54, 1.807) is 0 Å². The van der Waals surface area contributed by atoms with Gasteiger partial charge in [0.1, 0.15) is 0 Å². The molecule has 0 aliphatic carbocycles. The lowest BCUT2D eigenvalue weighted by atomic mass is 10.1. The summed E-state index contributed by atoms with van der Waals surface area (Å²) >= 11 is 2.86. The van der Waals surface area contributed by atoms with Crippen molar-refractivity contribution in [3.63, 3.8) is 0 Å². The van der Waals surface area contributed by atoms with Crippen LogP contribution < -0.4 is 10.6 Å². The Balaban J connectivity index is 1.20. The minimum absolute atomic E-state index is 0.121. The highest BCUT2D eigenvalue weighted by molar-refractivity contribution is 8.00. The number of carbonyl (C=O) groups excluding carboxylic acids is 2. The van der Waals surface area contributed by atoms with E-state index in [0.717, 1.165) is 25.9 Å². The van der Waals surface area contributed by atoms with Gasteiger partial charge in [-0.25, -0.2) is 4.98 Å². The molecule has 0 saturated heterocycles. The molecule has 1 heterocycles. The van der Waals surface area contributed by atoms with Gasteiger partial charge in [0.2, 0.25) is 5.91 Å². The molecule has 0 atom stereocenters. The summed E-state index contributed by atoms with van der Waals surface area (Å²) < 4.78 is 1.04. The second kappa shape index (κ2) is 9.44. The van der Waals surface area contributed by atoms with Crippen LogP contribution in [0.1, 0.15) is 10.4 Å². The first kappa shape index (κ1) is 21.2. The summed E-state index contributed by atoms with van der Waals surface area (Å²) in [5, 5.41) is 8.52. The van der Waals surface area contributed by atoms with Crippen LogP contribution in [-0.2, 0) is 4.79 Å². The van der Waals surface area contributed by atoms with Crippen LogP contribution in [0.4, 0.5) is 10.8 Å². The zero-order valence-corrected chi connectivity index (χ0v) is 19.1. The first-order chi connectivity index (χ1) is 16.1. The molecular weight excluding hydrogens is 450 g/mol. The van der Waals surface area contributed by atoms with Crippen molar-refractivity contribution in [1.29, 1.82) is 0 Å². The Morgan fingerprint density at radius 1 is 0.818 bits per heavy atom. The van der Waals surface area contributed by atoms with Crippen molar-refractivity contribution in [3.05, 3.63) is 96.6 Å². The van der Waals surface area contributed by atoms with Crippen LogP contribution in [-0.4, -0.2) is 22.6 Å². The topological polar surface area (TPSA) is 71.1 Å². The number of thiazole rings is 1. The minimum atomic E-state index is -0.170. The zero-order chi connectivity index (χ0) is 22.6. The fraction of sp³-hybridized carbons (Fsp3) is 0.0385. The van der Waals surface area contributed by atoms with Gasteiger partial charge in [-0.3, -0.25) is 9.59 Å². The number of amides is 2. The van der Waals surface area contributed by atoms with Crippen molar-refractivity contribution in [2.75, 3.05) is 16.4 Å². The molecule has 0 fully saturated rings. The summed E-state index contributed by atoms with van der Waals surface area (Å²) in [5.74, 6) is -0.0426. The summed E-state index contributed by atoms with van der Waals surface area (Å²) in [7, 11) is 0. The molecule has 1 aromatic heterocycles. The molecule has 4 aromatic carbocycles. The number of fused-ring (bicyclic) bond motifs is 2. The predicted octanol–water partition coefficient (Wildman–Crippen LogP) is 6.43. The summed E-state index contributed by atoms with van der Waals surface area (Å²) in [4.78, 5) is 30.4. The predicted molar refractivity (Wildman–Crippen MR) is 137 cm³/mol. The molecule has 0 aliphatic heterocycles. The molecule has 0 radical (unpaired) electrons. The van der Waals surface area contributed by atoms with Crippen molar-refractivity contribution >= 4 is 66.7 Å². The second-order valence-electron chi connectivity index (χ2n) is 7.37. The fourth-order valence-electron chi connectivity index (χ4n) is 3.43. The maximum absolute atomic E-state index is 12.7. The van der Waals surface area contributed by atoms with Crippen molar-refractivity contribution in [2.45, 2.75) is 4.90 Å². The van der Waals surface area contributed by atoms with E-state index in [2.05, 4.69) is 15.6 Å². The molecule has 2 N–H and O–H groups in total. The third kappa shape index (κ3) is 5.05. The molecule has 33 heavy (non-hydrogen) atoms. The van der Waals surface area contributed by atoms with E-state index < -0.39 is 0 Å². The molecule has 5 aromatic rings. The number of hydrogen-bond acceptors (Lipinski definition) is 5. The molecule has 5 nitrogen and oxygen atoms in total. The van der Waals surface area contributed by atoms with Gasteiger partial charge in [-0.2, -0.15) is 0 Å². The van der Waals surface area contributed by atoms with Crippen LogP contribution in [0.5, 0.6) is 0 Å². The number of nitrogens with zero attached hydrogens (tertiary/aromatic N) is 1. The molecule has 0 spiro atoms. The Bertz CT molecular complexity index is 1450. The third-order valence-electron chi connectivity index (χ3n) is 5.01. The van der Waals surface area contributed by atoms with Crippen molar-refractivity contribution in [3.8, 4) is 0 Å². The lowest BCUT2D eigenvalue weighted by Gasteiger charge is -2.08. The van der Waals surface area contributed by atoms with Gasteiger partial charge < -0.3 is 10.6 Å². The van der Waals surface area contributed by atoms with E-state index in [1.165, 1.54) is 23.1 Å². The van der Waals surface area contributed by atoms with Crippen LogP contribution in [0.15, 0.2) is 95.9 Å². The average Bonchev–Trinajstić information content (AvgIpc) is 3.25. The molecule has 0 unspecified atom stereocenters. The van der Waals surface area contributed by atoms with Gasteiger partial charge in [-0.1, -0.05) is 59.9 Å². The largest absolute Gasteiger partial charge is 0.322 e. The molecule has 7 heteroatoms. The van der Waals surface area contributed by atoms with Crippen molar-refractivity contribution in [1.82, 2.24) is 4.98 Å². The first-order valence-corrected chi connectivity index (χ1v) is 12.1. The van der Waals surface area contributed by atoms with E-state index in [4.69, 9.17) is 0 Å². The Morgan fingerprint density at radius 2 is 1.64 bits per heavy atom. The van der Waals surface area contributed by atoms with Gasteiger partial charge in [-0.15, -0.1) is 11.8 Å². The maximum Gasteiger partial charge on any atom is 0.255 e. The number of rotatable bonds is 6. The summed E-state index contributed by atoms with van der Waals surface area (Å²) in [6.45, 7) is 0. The molecule has 5 rings (SSSR count). The Hall–Kier alpha value is -3.68. The highest BCUT2D eigenvalue weighted by Crippen LogP contribution is 2.27. The number of thioether (sulfide) groups is 1. The third-order valence-corrected chi connectivity index (χ3v) is 6.96. The Kier molecular flexibility index (Phi) is 6.06. The Labute approximate surface area is 198 Å². The molecule has 0 aliphatic rings. The minimum Gasteiger partial charge on any atom is -0.322 e. The van der Waals surface area contributed by atoms with Crippen molar-refractivity contribution < 1.29 is 9.59 Å². The van der Waals surface area contributed by atoms with Crippen LogP contribution in [0.25, 0.3) is 21.0 Å². The highest BCUT2D eigenvalue weighted by Gasteiger charge is 2.10. The summed E-state index contributed by atoms with van der Waals surface area (Å²) in [6.07, 6.45) is 0. The second-order valence-corrected chi connectivity index (χ2v) is 9.45. The standard InChI is InChI=1S/C26H19N3O2S2/c30-24(29-26-28-22-10-3-4-11-23(22)33-26)16-32-21-9-5-8-20(15-21)27-25(31)19-13-12-17-6-1-2-7-18(17)14-19/h1-15H,16H2,(H,27,31)(H,28,29,30). The van der Waals surface area contributed by atoms with Gasteiger partial charge in [0.25, 0.3) is 5.91 Å². The number of para-hydroxylation sites is 1. The number of hydrogen-bond donors (Lipinski definition) is 2. The molecular formula is C26H19N3O2S2. The van der Waals surface area contributed by atoms with Gasteiger partial charge in [0.15, 0.2) is 5.13 Å². The van der Waals surface area contributed by atoms with E-state index in [-0.39, 0.29) is 17.6 Å². The molecule has 0 saturated carbocycles. The van der Waals surface area contributed by atoms with E-state index >= 15 is 0 Å². The van der Waals surface area contributed by atoms with Crippen LogP contribution in [0.2, 0.25) is 0 Å². The molecule has 2 amide bonds. The quantitative estimate of drug-likeness (QED) is 0.281. The molecule has 0 bridgehead atoms. The van der Waals surface area contributed by atoms with Crippen LogP contribution in [0, 0.1) is 0 Å². The van der Waals surface area contributed by atoms with E-state index in [9.17, 15) is 9.59 Å². The van der Waals surface area contributed by atoms with Gasteiger partial charge in [0.05, 0.1) is 16.0 Å². The number of anilines is 2. The number of benzene rings is 4. The SMILES string of the molecule is O=C(CSc1cccc(NC(=O)c2ccc3ccccc3c2)c1)Nc1nc2ccccc2s1. The fourth-order valence-corrected chi connectivity index (χ4v) is 5.06. The van der Waals surface area contributed by atoms with Gasteiger partial charge in [0, 0.05) is 16.1 Å². The average molecular weight is 470 g/mol. The lowest BCUT2D eigenvalue weighted by molar-refractivity contribution is -0.113. The summed E-state index contributed by atoms with van der Waals surface area (Å²) in [5.41, 5.74) is 2.16. The van der Waals surface area contributed by atoms with Gasteiger partial charge >= 0.3 is 0 Å². The molecule has 162 valence electrons. The summed E-state index contributed by atoms with van der Waals surface area (Å²) in [6, 6.07) is 28.9. The highest BCUT2D eigenvalue weighted by atomic mass is 32.2. The smallest absolute Gasteiger partial charge is 0.255 e. The Morgan fingerprint density at radius 3 is 2.52 bits per heavy atom. The van der Waals surface area contributed by atoms with Crippen molar-refractivity contribution in [2.24, 2.45) is 0 Å². The monoisotopic (exact) mass is 469 g/mol. The van der Waals surface area contributed by atoms with E-state index in [1.807, 2.05) is 91.0 Å². The number of carbonyl (C=O) groups is 2. The number of nitrogens with one attached hydrogen (secondary N) is 2. The maximum atomic E-state index is 12.7.